The molecule has 0 unspecified atom stereocenters. The van der Waals surface area contributed by atoms with Crippen LogP contribution in [0.15, 0.2) is 16.2 Å². The standard InChI is InChI=1S/C17H19N3O4S/c1-8-7-25-17-19-12(5-13(22)20(8)17)6-24-16(23)15-9(2)14(11(4)21)10(3)18-15/h5,7,11,18,21H,6H2,1-4H3/t11-/m1/s1. The monoisotopic (exact) mass is 361 g/mol. The number of esters is 1. The summed E-state index contributed by atoms with van der Waals surface area (Å²) in [6.07, 6.45) is -0.677. The molecule has 0 aliphatic heterocycles. The Hall–Kier alpha value is -2.45. The van der Waals surface area contributed by atoms with Gasteiger partial charge in [-0.05, 0) is 33.3 Å². The summed E-state index contributed by atoms with van der Waals surface area (Å²) in [5.41, 5.74) is 3.41. The lowest BCUT2D eigenvalue weighted by molar-refractivity contribution is 0.0460. The number of fused-ring (bicyclic) bond motifs is 1. The van der Waals surface area contributed by atoms with Crippen LogP contribution in [0.4, 0.5) is 0 Å². The maximum absolute atomic E-state index is 12.3. The van der Waals surface area contributed by atoms with E-state index in [4.69, 9.17) is 4.74 Å². The molecule has 7 nitrogen and oxygen atoms in total. The predicted octanol–water partition coefficient (Wildman–Crippen LogP) is 2.42. The SMILES string of the molecule is Cc1[nH]c(C(=O)OCc2cc(=O)n3c(C)csc3n2)c(C)c1[C@@H](C)O. The fourth-order valence-electron chi connectivity index (χ4n) is 2.98. The maximum Gasteiger partial charge on any atom is 0.355 e. The Kier molecular flexibility index (Phi) is 4.49. The van der Waals surface area contributed by atoms with Crippen molar-refractivity contribution >= 4 is 22.3 Å². The third-order valence-electron chi connectivity index (χ3n) is 4.10. The van der Waals surface area contributed by atoms with Crippen LogP contribution in [-0.4, -0.2) is 25.4 Å². The summed E-state index contributed by atoms with van der Waals surface area (Å²) in [5, 5.41) is 11.7. The lowest BCUT2D eigenvalue weighted by Gasteiger charge is -2.06. The van der Waals surface area contributed by atoms with Crippen LogP contribution in [0.3, 0.4) is 0 Å². The van der Waals surface area contributed by atoms with Crippen molar-refractivity contribution in [1.29, 1.82) is 0 Å². The van der Waals surface area contributed by atoms with Crippen LogP contribution in [-0.2, 0) is 11.3 Å². The third-order valence-corrected chi connectivity index (χ3v) is 5.04. The zero-order valence-electron chi connectivity index (χ0n) is 14.4. The Morgan fingerprint density at radius 2 is 2.16 bits per heavy atom. The van der Waals surface area contributed by atoms with E-state index in [2.05, 4.69) is 9.97 Å². The van der Waals surface area contributed by atoms with E-state index >= 15 is 0 Å². The number of hydrogen-bond donors (Lipinski definition) is 2. The van der Waals surface area contributed by atoms with Crippen molar-refractivity contribution in [2.45, 2.75) is 40.4 Å². The van der Waals surface area contributed by atoms with E-state index in [9.17, 15) is 14.7 Å². The number of H-pyrrole nitrogens is 1. The van der Waals surface area contributed by atoms with Crippen LogP contribution in [0.1, 0.15) is 51.7 Å². The number of carbonyl (C=O) groups excluding carboxylic acids is 1. The van der Waals surface area contributed by atoms with Gasteiger partial charge in [-0.25, -0.2) is 9.78 Å². The quantitative estimate of drug-likeness (QED) is 0.696. The number of thiazole rings is 1. The van der Waals surface area contributed by atoms with E-state index in [0.717, 1.165) is 11.4 Å². The van der Waals surface area contributed by atoms with E-state index in [0.29, 0.717) is 27.5 Å². The van der Waals surface area contributed by atoms with Gasteiger partial charge in [0.15, 0.2) is 4.96 Å². The molecule has 3 rings (SSSR count). The van der Waals surface area contributed by atoms with Crippen LogP contribution < -0.4 is 5.56 Å². The molecule has 0 amide bonds. The van der Waals surface area contributed by atoms with Crippen molar-refractivity contribution in [1.82, 2.24) is 14.4 Å². The molecule has 0 saturated carbocycles. The van der Waals surface area contributed by atoms with E-state index < -0.39 is 12.1 Å². The first-order chi connectivity index (χ1) is 11.8. The summed E-state index contributed by atoms with van der Waals surface area (Å²) in [6.45, 7) is 6.94. The van der Waals surface area contributed by atoms with E-state index in [-0.39, 0.29) is 12.2 Å². The van der Waals surface area contributed by atoms with Crippen LogP contribution >= 0.6 is 11.3 Å². The van der Waals surface area contributed by atoms with Crippen molar-refractivity contribution in [3.05, 3.63) is 55.7 Å². The molecule has 8 heteroatoms. The lowest BCUT2D eigenvalue weighted by atomic mass is 10.1. The molecule has 25 heavy (non-hydrogen) atoms. The number of hydrogen-bond acceptors (Lipinski definition) is 6. The van der Waals surface area contributed by atoms with Gasteiger partial charge < -0.3 is 14.8 Å². The zero-order valence-corrected chi connectivity index (χ0v) is 15.2. The number of aliphatic hydroxyl groups excluding tert-OH is 1. The van der Waals surface area contributed by atoms with Crippen molar-refractivity contribution in [2.75, 3.05) is 0 Å². The Labute approximate surface area is 147 Å². The molecule has 132 valence electrons. The van der Waals surface area contributed by atoms with Crippen LogP contribution in [0.25, 0.3) is 4.96 Å². The molecule has 0 fully saturated rings. The van der Waals surface area contributed by atoms with E-state index in [1.54, 1.807) is 20.8 Å². The number of aliphatic hydroxyl groups is 1. The Morgan fingerprint density at radius 3 is 2.80 bits per heavy atom. The Balaban J connectivity index is 1.81. The number of ether oxygens (including phenoxy) is 1. The second kappa shape index (κ2) is 6.45. The average Bonchev–Trinajstić information content (AvgIpc) is 3.05. The topological polar surface area (TPSA) is 96.7 Å². The lowest BCUT2D eigenvalue weighted by Crippen LogP contribution is -2.16. The minimum Gasteiger partial charge on any atom is -0.454 e. The molecule has 0 saturated heterocycles. The van der Waals surface area contributed by atoms with Gasteiger partial charge >= 0.3 is 5.97 Å². The number of nitrogens with one attached hydrogen (secondary N) is 1. The molecule has 0 radical (unpaired) electrons. The highest BCUT2D eigenvalue weighted by molar-refractivity contribution is 7.15. The third kappa shape index (κ3) is 3.10. The molecule has 0 spiro atoms. The van der Waals surface area contributed by atoms with Crippen LogP contribution in [0.5, 0.6) is 0 Å². The summed E-state index contributed by atoms with van der Waals surface area (Å²) in [4.78, 5) is 32.3. The molecule has 3 aromatic rings. The summed E-state index contributed by atoms with van der Waals surface area (Å²) in [7, 11) is 0. The largest absolute Gasteiger partial charge is 0.454 e. The summed E-state index contributed by atoms with van der Waals surface area (Å²) < 4.78 is 6.81. The summed E-state index contributed by atoms with van der Waals surface area (Å²) in [6, 6.07) is 1.37. The number of carbonyl (C=O) groups is 1. The van der Waals surface area contributed by atoms with Gasteiger partial charge in [0.05, 0.1) is 11.8 Å². The van der Waals surface area contributed by atoms with E-state index in [1.165, 1.54) is 21.8 Å². The predicted molar refractivity (Wildman–Crippen MR) is 94.1 cm³/mol. The van der Waals surface area contributed by atoms with Crippen molar-refractivity contribution in [3.8, 4) is 0 Å². The number of rotatable bonds is 4. The molecule has 0 aliphatic carbocycles. The highest BCUT2D eigenvalue weighted by Gasteiger charge is 2.21. The first kappa shape index (κ1) is 17.4. The van der Waals surface area contributed by atoms with E-state index in [1.807, 2.05) is 12.3 Å². The second-order valence-electron chi connectivity index (χ2n) is 6.00. The number of aromatic amines is 1. The number of nitrogens with zero attached hydrogens (tertiary/aromatic N) is 2. The first-order valence-corrected chi connectivity index (χ1v) is 8.68. The van der Waals surface area contributed by atoms with Gasteiger partial charge in [0.25, 0.3) is 5.56 Å². The summed E-state index contributed by atoms with van der Waals surface area (Å²) >= 11 is 1.36. The van der Waals surface area contributed by atoms with Gasteiger partial charge in [-0.1, -0.05) is 0 Å². The number of aromatic nitrogens is 3. The van der Waals surface area contributed by atoms with Crippen LogP contribution in [0.2, 0.25) is 0 Å². The Bertz CT molecular complexity index is 1010. The second-order valence-corrected chi connectivity index (χ2v) is 6.83. The van der Waals surface area contributed by atoms with Crippen LogP contribution in [0, 0.1) is 20.8 Å². The molecule has 2 N–H and O–H groups in total. The smallest absolute Gasteiger partial charge is 0.355 e. The molecule has 3 aromatic heterocycles. The normalized spacial score (nSPS) is 12.5. The molecule has 0 aromatic carbocycles. The molecule has 3 heterocycles. The minimum absolute atomic E-state index is 0.0942. The van der Waals surface area contributed by atoms with Gasteiger partial charge in [0, 0.05) is 28.4 Å². The van der Waals surface area contributed by atoms with Gasteiger partial charge in [-0.2, -0.15) is 0 Å². The highest BCUT2D eigenvalue weighted by atomic mass is 32.1. The summed E-state index contributed by atoms with van der Waals surface area (Å²) in [5.74, 6) is -0.545. The Morgan fingerprint density at radius 1 is 1.44 bits per heavy atom. The maximum atomic E-state index is 12.3. The molecule has 0 bridgehead atoms. The van der Waals surface area contributed by atoms with Gasteiger partial charge in [-0.3, -0.25) is 9.20 Å². The fourth-order valence-corrected chi connectivity index (χ4v) is 3.87. The zero-order chi connectivity index (χ0) is 18.3. The number of aryl methyl sites for hydroxylation is 2. The van der Waals surface area contributed by atoms with Crippen molar-refractivity contribution < 1.29 is 14.6 Å². The average molecular weight is 361 g/mol. The molecular weight excluding hydrogens is 342 g/mol. The first-order valence-electron chi connectivity index (χ1n) is 7.80. The minimum atomic E-state index is -0.677. The highest BCUT2D eigenvalue weighted by Crippen LogP contribution is 2.25. The molecule has 0 aliphatic rings. The van der Waals surface area contributed by atoms with Gasteiger partial charge in [0.1, 0.15) is 12.3 Å². The molecule has 1 atom stereocenters. The van der Waals surface area contributed by atoms with Gasteiger partial charge in [0.2, 0.25) is 0 Å². The van der Waals surface area contributed by atoms with Crippen molar-refractivity contribution in [3.63, 3.8) is 0 Å². The van der Waals surface area contributed by atoms with Crippen molar-refractivity contribution in [2.24, 2.45) is 0 Å². The molecular formula is C17H19N3O4S. The fraction of sp³-hybridized carbons (Fsp3) is 0.353. The van der Waals surface area contributed by atoms with Gasteiger partial charge in [-0.15, -0.1) is 11.3 Å².